The van der Waals surface area contributed by atoms with E-state index in [2.05, 4.69) is 4.98 Å². The van der Waals surface area contributed by atoms with Gasteiger partial charge in [0.05, 0.1) is 0 Å². The highest BCUT2D eigenvalue weighted by Crippen LogP contribution is 2.07. The fraction of sp³-hybridized carbons (Fsp3) is 0.500. The van der Waals surface area contributed by atoms with Gasteiger partial charge in [-0.2, -0.15) is 0 Å². The molecule has 0 aliphatic carbocycles. The van der Waals surface area contributed by atoms with Crippen molar-refractivity contribution in [1.29, 1.82) is 0 Å². The van der Waals surface area contributed by atoms with Crippen molar-refractivity contribution in [3.05, 3.63) is 30.1 Å². The Morgan fingerprint density at radius 2 is 1.80 bits per heavy atom. The van der Waals surface area contributed by atoms with Gasteiger partial charge in [-0.3, -0.25) is 9.78 Å². The molecule has 82 valence electrons. The minimum Gasteiger partial charge on any atom is -0.481 e. The van der Waals surface area contributed by atoms with Crippen LogP contribution in [0.1, 0.15) is 37.7 Å². The molecule has 1 heterocycles. The van der Waals surface area contributed by atoms with E-state index in [1.54, 1.807) is 12.4 Å². The highest BCUT2D eigenvalue weighted by Gasteiger charge is 1.97. The Morgan fingerprint density at radius 1 is 1.13 bits per heavy atom. The first kappa shape index (κ1) is 11.7. The molecule has 0 bridgehead atoms. The first-order valence-corrected chi connectivity index (χ1v) is 5.40. The molecule has 0 amide bonds. The molecule has 3 nitrogen and oxygen atoms in total. The second-order valence-electron chi connectivity index (χ2n) is 3.66. The van der Waals surface area contributed by atoms with Gasteiger partial charge in [0.15, 0.2) is 0 Å². The maximum Gasteiger partial charge on any atom is 0.303 e. The van der Waals surface area contributed by atoms with Gasteiger partial charge in [-0.15, -0.1) is 0 Å². The molecule has 0 saturated carbocycles. The Balaban J connectivity index is 2.00. The normalized spacial score (nSPS) is 10.1. The molecule has 0 saturated heterocycles. The van der Waals surface area contributed by atoms with Crippen LogP contribution >= 0.6 is 0 Å². The van der Waals surface area contributed by atoms with Crippen LogP contribution < -0.4 is 0 Å². The summed E-state index contributed by atoms with van der Waals surface area (Å²) in [5.74, 6) is -0.691. The Morgan fingerprint density at radius 3 is 2.47 bits per heavy atom. The number of rotatable bonds is 7. The van der Waals surface area contributed by atoms with Crippen LogP contribution in [0, 0.1) is 0 Å². The average molecular weight is 207 g/mol. The van der Waals surface area contributed by atoms with E-state index in [4.69, 9.17) is 5.11 Å². The molecule has 0 atom stereocenters. The summed E-state index contributed by atoms with van der Waals surface area (Å²) in [6.45, 7) is 0. The van der Waals surface area contributed by atoms with Gasteiger partial charge in [0, 0.05) is 18.8 Å². The molecule has 1 rings (SSSR count). The van der Waals surface area contributed by atoms with Crippen molar-refractivity contribution in [3.63, 3.8) is 0 Å². The Labute approximate surface area is 90.2 Å². The van der Waals surface area contributed by atoms with Crippen LogP contribution in [0.5, 0.6) is 0 Å². The molecular weight excluding hydrogens is 190 g/mol. The lowest BCUT2D eigenvalue weighted by atomic mass is 10.1. The number of aryl methyl sites for hydroxylation is 1. The molecule has 0 spiro atoms. The smallest absolute Gasteiger partial charge is 0.303 e. The maximum absolute atomic E-state index is 10.2. The zero-order valence-electron chi connectivity index (χ0n) is 8.85. The van der Waals surface area contributed by atoms with E-state index in [0.717, 1.165) is 32.1 Å². The Hall–Kier alpha value is -1.38. The van der Waals surface area contributed by atoms with E-state index >= 15 is 0 Å². The summed E-state index contributed by atoms with van der Waals surface area (Å²) < 4.78 is 0. The predicted octanol–water partition coefficient (Wildman–Crippen LogP) is 2.66. The largest absolute Gasteiger partial charge is 0.481 e. The van der Waals surface area contributed by atoms with Crippen molar-refractivity contribution >= 4 is 5.97 Å². The van der Waals surface area contributed by atoms with Crippen molar-refractivity contribution in [2.24, 2.45) is 0 Å². The van der Waals surface area contributed by atoms with Crippen molar-refractivity contribution < 1.29 is 9.90 Å². The summed E-state index contributed by atoms with van der Waals surface area (Å²) >= 11 is 0. The minimum absolute atomic E-state index is 0.301. The molecule has 0 aromatic carbocycles. The van der Waals surface area contributed by atoms with E-state index in [1.165, 1.54) is 5.56 Å². The summed E-state index contributed by atoms with van der Waals surface area (Å²) in [7, 11) is 0. The molecule has 0 aliphatic rings. The predicted molar refractivity (Wildman–Crippen MR) is 58.7 cm³/mol. The third kappa shape index (κ3) is 5.83. The van der Waals surface area contributed by atoms with Gasteiger partial charge in [-0.1, -0.05) is 12.8 Å². The van der Waals surface area contributed by atoms with Crippen molar-refractivity contribution in [2.45, 2.75) is 38.5 Å². The van der Waals surface area contributed by atoms with E-state index in [-0.39, 0.29) is 0 Å². The van der Waals surface area contributed by atoms with Crippen LogP contribution in [0.4, 0.5) is 0 Å². The zero-order valence-corrected chi connectivity index (χ0v) is 8.85. The van der Waals surface area contributed by atoms with E-state index in [1.807, 2.05) is 12.1 Å². The number of hydrogen-bond acceptors (Lipinski definition) is 2. The van der Waals surface area contributed by atoms with Crippen LogP contribution in [0.2, 0.25) is 0 Å². The van der Waals surface area contributed by atoms with Crippen molar-refractivity contribution in [3.8, 4) is 0 Å². The Kier molecular flexibility index (Phi) is 5.44. The number of nitrogens with zero attached hydrogens (tertiary/aromatic N) is 1. The fourth-order valence-electron chi connectivity index (χ4n) is 1.51. The van der Waals surface area contributed by atoms with Gasteiger partial charge in [0.2, 0.25) is 0 Å². The lowest BCUT2D eigenvalue weighted by molar-refractivity contribution is -0.137. The van der Waals surface area contributed by atoms with Crippen LogP contribution in [0.15, 0.2) is 24.5 Å². The van der Waals surface area contributed by atoms with Gasteiger partial charge in [0.1, 0.15) is 0 Å². The molecule has 1 N–H and O–H groups in total. The van der Waals surface area contributed by atoms with E-state index in [9.17, 15) is 4.79 Å². The number of carboxylic acid groups (broad SMARTS) is 1. The summed E-state index contributed by atoms with van der Waals surface area (Å²) in [5.41, 5.74) is 1.31. The van der Waals surface area contributed by atoms with Gasteiger partial charge in [-0.05, 0) is 37.0 Å². The number of carbonyl (C=O) groups is 1. The summed E-state index contributed by atoms with van der Waals surface area (Å²) in [5, 5.41) is 8.44. The second kappa shape index (κ2) is 6.98. The number of pyridine rings is 1. The van der Waals surface area contributed by atoms with Crippen molar-refractivity contribution in [2.75, 3.05) is 0 Å². The topological polar surface area (TPSA) is 50.2 Å². The van der Waals surface area contributed by atoms with Crippen molar-refractivity contribution in [1.82, 2.24) is 4.98 Å². The van der Waals surface area contributed by atoms with Gasteiger partial charge < -0.3 is 5.11 Å². The van der Waals surface area contributed by atoms with Crippen LogP contribution in [-0.4, -0.2) is 16.1 Å². The monoisotopic (exact) mass is 207 g/mol. The van der Waals surface area contributed by atoms with Crippen LogP contribution in [-0.2, 0) is 11.2 Å². The molecule has 0 radical (unpaired) electrons. The number of aromatic nitrogens is 1. The van der Waals surface area contributed by atoms with E-state index < -0.39 is 5.97 Å². The quantitative estimate of drug-likeness (QED) is 0.699. The molecular formula is C12H17NO2. The molecule has 0 aliphatic heterocycles. The third-order valence-corrected chi connectivity index (χ3v) is 2.36. The lowest BCUT2D eigenvalue weighted by Crippen LogP contribution is -1.93. The van der Waals surface area contributed by atoms with Crippen LogP contribution in [0.25, 0.3) is 0 Å². The average Bonchev–Trinajstić information content (AvgIpc) is 2.24. The minimum atomic E-state index is -0.691. The highest BCUT2D eigenvalue weighted by molar-refractivity contribution is 5.66. The summed E-state index contributed by atoms with van der Waals surface area (Å²) in [6.07, 6.45) is 9.02. The second-order valence-corrected chi connectivity index (χ2v) is 3.66. The fourth-order valence-corrected chi connectivity index (χ4v) is 1.51. The van der Waals surface area contributed by atoms with Crippen LogP contribution in [0.3, 0.4) is 0 Å². The molecule has 1 aromatic heterocycles. The zero-order chi connectivity index (χ0) is 10.9. The standard InChI is InChI=1S/C12H17NO2/c14-12(15)6-4-2-1-3-5-11-7-9-13-10-8-11/h7-10H,1-6H2,(H,14,15). The summed E-state index contributed by atoms with van der Waals surface area (Å²) in [4.78, 5) is 14.2. The Bertz CT molecular complexity index is 285. The third-order valence-electron chi connectivity index (χ3n) is 2.36. The highest BCUT2D eigenvalue weighted by atomic mass is 16.4. The number of aliphatic carboxylic acids is 1. The first-order valence-electron chi connectivity index (χ1n) is 5.40. The molecule has 1 aromatic rings. The molecule has 0 unspecified atom stereocenters. The molecule has 15 heavy (non-hydrogen) atoms. The maximum atomic E-state index is 10.2. The van der Waals surface area contributed by atoms with Gasteiger partial charge in [0.25, 0.3) is 0 Å². The first-order chi connectivity index (χ1) is 7.29. The molecule has 0 fully saturated rings. The summed E-state index contributed by atoms with van der Waals surface area (Å²) in [6, 6.07) is 4.05. The lowest BCUT2D eigenvalue weighted by Gasteiger charge is -2.00. The number of carboxylic acids is 1. The molecule has 3 heteroatoms. The number of hydrogen-bond donors (Lipinski definition) is 1. The van der Waals surface area contributed by atoms with E-state index in [0.29, 0.717) is 6.42 Å². The number of unbranched alkanes of at least 4 members (excludes halogenated alkanes) is 3. The van der Waals surface area contributed by atoms with Gasteiger partial charge >= 0.3 is 5.97 Å². The van der Waals surface area contributed by atoms with Gasteiger partial charge in [-0.25, -0.2) is 0 Å². The SMILES string of the molecule is O=C(O)CCCCCCc1ccncc1.